The Hall–Kier alpha value is -1.19. The van der Waals surface area contributed by atoms with Crippen molar-refractivity contribution in [3.63, 3.8) is 0 Å². The maximum atomic E-state index is 6.10. The van der Waals surface area contributed by atoms with E-state index in [9.17, 15) is 0 Å². The SMILES string of the molecule is CN=C(NCc1csc(CCc2ccccc2)n1)NCC1CCCOC1C(C)(C)C.I. The lowest BCUT2D eigenvalue weighted by atomic mass is 9.78. The molecule has 1 aromatic heterocycles. The standard InChI is InChI=1S/C24H36N4OS.HI/c1-24(2,3)22-19(11-8-14-29-22)15-26-23(25-4)27-16-20-17-30-21(28-20)13-12-18-9-6-5-7-10-18;/h5-7,9-10,17,19,22H,8,11-16H2,1-4H3,(H2,25,26,27);1H. The molecule has 2 atom stereocenters. The summed E-state index contributed by atoms with van der Waals surface area (Å²) in [4.78, 5) is 9.17. The van der Waals surface area contributed by atoms with E-state index in [1.54, 1.807) is 11.3 Å². The fraction of sp³-hybridized carbons (Fsp3) is 0.583. The molecular weight excluding hydrogens is 519 g/mol. The van der Waals surface area contributed by atoms with Crippen LogP contribution in [0.3, 0.4) is 0 Å². The van der Waals surface area contributed by atoms with Crippen LogP contribution >= 0.6 is 35.3 Å². The zero-order chi connectivity index (χ0) is 21.4. The lowest BCUT2D eigenvalue weighted by Crippen LogP contribution is -2.47. The van der Waals surface area contributed by atoms with E-state index in [0.29, 0.717) is 12.5 Å². The van der Waals surface area contributed by atoms with Crippen molar-refractivity contribution in [2.45, 2.75) is 59.1 Å². The van der Waals surface area contributed by atoms with Crippen LogP contribution in [0.15, 0.2) is 40.7 Å². The molecule has 172 valence electrons. The predicted molar refractivity (Wildman–Crippen MR) is 141 cm³/mol. The molecule has 1 fully saturated rings. The number of rotatable bonds is 7. The number of nitrogens with one attached hydrogen (secondary N) is 2. The molecule has 2 aromatic rings. The average molecular weight is 557 g/mol. The third-order valence-electron chi connectivity index (χ3n) is 5.56. The number of benzene rings is 1. The summed E-state index contributed by atoms with van der Waals surface area (Å²) in [6.07, 6.45) is 4.63. The highest BCUT2D eigenvalue weighted by Crippen LogP contribution is 2.33. The number of nitrogens with zero attached hydrogens (tertiary/aromatic N) is 2. The number of guanidine groups is 1. The van der Waals surface area contributed by atoms with Gasteiger partial charge in [0.05, 0.1) is 23.4 Å². The molecule has 2 heterocycles. The third kappa shape index (κ3) is 8.35. The van der Waals surface area contributed by atoms with Crippen LogP contribution in [0.5, 0.6) is 0 Å². The minimum absolute atomic E-state index is 0. The van der Waals surface area contributed by atoms with E-state index in [1.807, 2.05) is 7.05 Å². The van der Waals surface area contributed by atoms with Crippen molar-refractivity contribution in [2.75, 3.05) is 20.2 Å². The van der Waals surface area contributed by atoms with Gasteiger partial charge in [0, 0.05) is 37.9 Å². The van der Waals surface area contributed by atoms with Crippen LogP contribution < -0.4 is 10.6 Å². The Morgan fingerprint density at radius 2 is 1.97 bits per heavy atom. The van der Waals surface area contributed by atoms with Crippen molar-refractivity contribution >= 4 is 41.3 Å². The van der Waals surface area contributed by atoms with Gasteiger partial charge >= 0.3 is 0 Å². The average Bonchev–Trinajstić information content (AvgIpc) is 3.20. The molecule has 0 spiro atoms. The first-order valence-electron chi connectivity index (χ1n) is 11.0. The Bertz CT molecular complexity index is 803. The minimum Gasteiger partial charge on any atom is -0.377 e. The van der Waals surface area contributed by atoms with Gasteiger partial charge in [-0.1, -0.05) is 51.1 Å². The van der Waals surface area contributed by atoms with Gasteiger partial charge in [0.1, 0.15) is 0 Å². The molecule has 2 unspecified atom stereocenters. The maximum Gasteiger partial charge on any atom is 0.191 e. The number of aryl methyl sites for hydroxylation is 2. The summed E-state index contributed by atoms with van der Waals surface area (Å²) in [5.41, 5.74) is 2.58. The van der Waals surface area contributed by atoms with Crippen molar-refractivity contribution in [1.82, 2.24) is 15.6 Å². The summed E-state index contributed by atoms with van der Waals surface area (Å²) in [6, 6.07) is 10.6. The van der Waals surface area contributed by atoms with E-state index in [1.165, 1.54) is 17.0 Å². The molecule has 0 saturated carbocycles. The molecule has 0 bridgehead atoms. The normalized spacial score (nSPS) is 19.5. The Morgan fingerprint density at radius 1 is 1.19 bits per heavy atom. The monoisotopic (exact) mass is 556 g/mol. The lowest BCUT2D eigenvalue weighted by molar-refractivity contribution is -0.0835. The smallest absolute Gasteiger partial charge is 0.191 e. The van der Waals surface area contributed by atoms with Gasteiger partial charge in [-0.15, -0.1) is 35.3 Å². The lowest BCUT2D eigenvalue weighted by Gasteiger charge is -2.40. The first-order chi connectivity index (χ1) is 14.5. The first-order valence-corrected chi connectivity index (χ1v) is 11.9. The van der Waals surface area contributed by atoms with Gasteiger partial charge in [-0.3, -0.25) is 4.99 Å². The molecule has 0 amide bonds. The molecule has 31 heavy (non-hydrogen) atoms. The molecule has 1 aliphatic heterocycles. The Balaban J connectivity index is 0.00000341. The predicted octanol–water partition coefficient (Wildman–Crippen LogP) is 5.05. The van der Waals surface area contributed by atoms with E-state index < -0.39 is 0 Å². The van der Waals surface area contributed by atoms with Gasteiger partial charge in [-0.2, -0.15) is 0 Å². The summed E-state index contributed by atoms with van der Waals surface area (Å²) in [5, 5.41) is 10.2. The summed E-state index contributed by atoms with van der Waals surface area (Å²) in [6.45, 7) is 9.23. The number of ether oxygens (including phenoxy) is 1. The largest absolute Gasteiger partial charge is 0.377 e. The fourth-order valence-corrected chi connectivity index (χ4v) is 4.87. The Morgan fingerprint density at radius 3 is 2.68 bits per heavy atom. The van der Waals surface area contributed by atoms with E-state index in [2.05, 4.69) is 72.1 Å². The molecule has 5 nitrogen and oxygen atoms in total. The number of aromatic nitrogens is 1. The fourth-order valence-electron chi connectivity index (χ4n) is 4.07. The van der Waals surface area contributed by atoms with Gasteiger partial charge in [0.15, 0.2) is 5.96 Å². The molecule has 0 radical (unpaired) electrons. The van der Waals surface area contributed by atoms with Crippen LogP contribution in [0.25, 0.3) is 0 Å². The van der Waals surface area contributed by atoms with Gasteiger partial charge < -0.3 is 15.4 Å². The van der Waals surface area contributed by atoms with E-state index in [0.717, 1.165) is 44.1 Å². The van der Waals surface area contributed by atoms with E-state index >= 15 is 0 Å². The summed E-state index contributed by atoms with van der Waals surface area (Å²) >= 11 is 1.74. The van der Waals surface area contributed by atoms with Crippen molar-refractivity contribution in [3.05, 3.63) is 52.0 Å². The topological polar surface area (TPSA) is 58.5 Å². The second-order valence-electron chi connectivity index (χ2n) is 9.08. The highest BCUT2D eigenvalue weighted by Gasteiger charge is 2.35. The number of halogens is 1. The molecule has 1 aromatic carbocycles. The Labute approximate surface area is 208 Å². The Kier molecular flexibility index (Phi) is 10.7. The van der Waals surface area contributed by atoms with Gasteiger partial charge in [-0.25, -0.2) is 4.98 Å². The van der Waals surface area contributed by atoms with Crippen LogP contribution in [0.4, 0.5) is 0 Å². The van der Waals surface area contributed by atoms with Crippen LogP contribution in [-0.2, 0) is 24.1 Å². The highest BCUT2D eigenvalue weighted by molar-refractivity contribution is 14.0. The summed E-state index contributed by atoms with van der Waals surface area (Å²) in [7, 11) is 1.82. The van der Waals surface area contributed by atoms with Crippen molar-refractivity contribution in [1.29, 1.82) is 0 Å². The van der Waals surface area contributed by atoms with Crippen molar-refractivity contribution in [2.24, 2.45) is 16.3 Å². The second kappa shape index (κ2) is 12.7. The molecule has 2 N–H and O–H groups in total. The zero-order valence-electron chi connectivity index (χ0n) is 19.2. The zero-order valence-corrected chi connectivity index (χ0v) is 22.3. The molecular formula is C24H37IN4OS. The minimum atomic E-state index is 0. The molecule has 1 aliphatic rings. The number of hydrogen-bond acceptors (Lipinski definition) is 4. The first kappa shape index (κ1) is 26.1. The maximum absolute atomic E-state index is 6.10. The van der Waals surface area contributed by atoms with Gasteiger partial charge in [0.25, 0.3) is 0 Å². The number of aliphatic imine (C=N–C) groups is 1. The molecule has 3 rings (SSSR count). The van der Waals surface area contributed by atoms with Gasteiger partial charge in [-0.05, 0) is 30.2 Å². The molecule has 1 saturated heterocycles. The van der Waals surface area contributed by atoms with E-state index in [-0.39, 0.29) is 35.5 Å². The van der Waals surface area contributed by atoms with E-state index in [4.69, 9.17) is 9.72 Å². The molecule has 7 heteroatoms. The molecule has 0 aliphatic carbocycles. The number of thiazole rings is 1. The van der Waals surface area contributed by atoms with Crippen molar-refractivity contribution in [3.8, 4) is 0 Å². The van der Waals surface area contributed by atoms with Crippen molar-refractivity contribution < 1.29 is 4.74 Å². The van der Waals surface area contributed by atoms with Gasteiger partial charge in [0.2, 0.25) is 0 Å². The summed E-state index contributed by atoms with van der Waals surface area (Å²) in [5.74, 6) is 1.33. The van der Waals surface area contributed by atoms with Crippen LogP contribution in [0.1, 0.15) is 49.9 Å². The highest BCUT2D eigenvalue weighted by atomic mass is 127. The van der Waals surface area contributed by atoms with Crippen LogP contribution in [-0.4, -0.2) is 37.2 Å². The van der Waals surface area contributed by atoms with Crippen LogP contribution in [0, 0.1) is 11.3 Å². The third-order valence-corrected chi connectivity index (χ3v) is 6.52. The summed E-state index contributed by atoms with van der Waals surface area (Å²) < 4.78 is 6.10. The quantitative estimate of drug-likeness (QED) is 0.285. The van der Waals surface area contributed by atoms with Crippen LogP contribution in [0.2, 0.25) is 0 Å². The second-order valence-corrected chi connectivity index (χ2v) is 10.0. The number of hydrogen-bond donors (Lipinski definition) is 2.